The number of carbonyl (C=O) groups is 1. The van der Waals surface area contributed by atoms with Crippen LogP contribution in [0.3, 0.4) is 0 Å². The third-order valence-corrected chi connectivity index (χ3v) is 3.80. The Kier molecular flexibility index (Phi) is 5.40. The zero-order chi connectivity index (χ0) is 19.3. The van der Waals surface area contributed by atoms with Gasteiger partial charge < -0.3 is 5.32 Å². The Balaban J connectivity index is 1.54. The highest BCUT2D eigenvalue weighted by molar-refractivity contribution is 5.91. The first-order valence-electron chi connectivity index (χ1n) is 8.14. The highest BCUT2D eigenvalue weighted by Crippen LogP contribution is 2.29. The van der Waals surface area contributed by atoms with Crippen molar-refractivity contribution >= 4 is 12.0 Å². The van der Waals surface area contributed by atoms with Gasteiger partial charge in [0, 0.05) is 24.4 Å². The van der Waals surface area contributed by atoms with Crippen molar-refractivity contribution in [2.24, 2.45) is 0 Å². The molecule has 1 amide bonds. The van der Waals surface area contributed by atoms with Crippen molar-refractivity contribution in [1.82, 2.24) is 15.1 Å². The van der Waals surface area contributed by atoms with Crippen LogP contribution in [0.25, 0.3) is 11.8 Å². The van der Waals surface area contributed by atoms with Crippen LogP contribution in [0.15, 0.2) is 73.1 Å². The van der Waals surface area contributed by atoms with Gasteiger partial charge in [0.15, 0.2) is 0 Å². The Hall–Kier alpha value is -3.35. The van der Waals surface area contributed by atoms with Crippen LogP contribution in [0.4, 0.5) is 13.2 Å². The van der Waals surface area contributed by atoms with E-state index in [2.05, 4.69) is 10.4 Å². The Morgan fingerprint density at radius 2 is 1.78 bits per heavy atom. The molecule has 4 nitrogen and oxygen atoms in total. The summed E-state index contributed by atoms with van der Waals surface area (Å²) in [6.45, 7) is 0.143. The van der Waals surface area contributed by atoms with Crippen molar-refractivity contribution in [3.63, 3.8) is 0 Å². The molecule has 1 N–H and O–H groups in total. The highest BCUT2D eigenvalue weighted by atomic mass is 19.4. The van der Waals surface area contributed by atoms with Gasteiger partial charge in [-0.3, -0.25) is 4.79 Å². The molecule has 2 aromatic carbocycles. The number of halogens is 3. The summed E-state index contributed by atoms with van der Waals surface area (Å²) in [6.07, 6.45) is 2.03. The van der Waals surface area contributed by atoms with Crippen LogP contribution in [-0.4, -0.2) is 15.7 Å². The number of amides is 1. The molecule has 1 aromatic heterocycles. The molecule has 0 bridgehead atoms. The van der Waals surface area contributed by atoms with Crippen LogP contribution in [0, 0.1) is 0 Å². The maximum atomic E-state index is 12.5. The van der Waals surface area contributed by atoms with Crippen molar-refractivity contribution in [2.75, 3.05) is 0 Å². The fraction of sp³-hybridized carbons (Fsp3) is 0.100. The molecule has 3 rings (SSSR count). The van der Waals surface area contributed by atoms with E-state index in [4.69, 9.17) is 0 Å². The quantitative estimate of drug-likeness (QED) is 0.683. The summed E-state index contributed by atoms with van der Waals surface area (Å²) in [6, 6.07) is 14.2. The summed E-state index contributed by atoms with van der Waals surface area (Å²) in [7, 11) is 0. The molecule has 138 valence electrons. The monoisotopic (exact) mass is 371 g/mol. The topological polar surface area (TPSA) is 46.9 Å². The summed E-state index contributed by atoms with van der Waals surface area (Å²) in [4.78, 5) is 11.9. The van der Waals surface area contributed by atoms with Crippen LogP contribution in [0.5, 0.6) is 0 Å². The number of para-hydroxylation sites is 1. The van der Waals surface area contributed by atoms with Crippen molar-refractivity contribution in [3.05, 3.63) is 89.8 Å². The molecule has 3 aromatic rings. The number of nitrogens with one attached hydrogen (secondary N) is 1. The molecule has 0 saturated heterocycles. The highest BCUT2D eigenvalue weighted by Gasteiger charge is 2.29. The molecule has 0 fully saturated rings. The van der Waals surface area contributed by atoms with E-state index >= 15 is 0 Å². The third-order valence-electron chi connectivity index (χ3n) is 3.80. The summed E-state index contributed by atoms with van der Waals surface area (Å²) in [5.74, 6) is -0.345. The van der Waals surface area contributed by atoms with Crippen molar-refractivity contribution < 1.29 is 18.0 Å². The number of aromatic nitrogens is 2. The third kappa shape index (κ3) is 5.07. The minimum atomic E-state index is -4.37. The van der Waals surface area contributed by atoms with Gasteiger partial charge in [-0.25, -0.2) is 4.68 Å². The second-order valence-electron chi connectivity index (χ2n) is 5.80. The molecule has 27 heavy (non-hydrogen) atoms. The number of alkyl halides is 3. The van der Waals surface area contributed by atoms with Gasteiger partial charge in [0.2, 0.25) is 5.91 Å². The minimum absolute atomic E-state index is 0.143. The molecular formula is C20H16F3N3O. The SMILES string of the molecule is O=C(C=Cc1cnn(-c2ccccc2)c1)NCc1ccc(C(F)(F)F)cc1. The van der Waals surface area contributed by atoms with Gasteiger partial charge in [-0.2, -0.15) is 18.3 Å². The number of nitrogens with zero attached hydrogens (tertiary/aromatic N) is 2. The molecule has 7 heteroatoms. The fourth-order valence-electron chi connectivity index (χ4n) is 2.38. The first-order valence-corrected chi connectivity index (χ1v) is 8.14. The van der Waals surface area contributed by atoms with Crippen LogP contribution in [0.2, 0.25) is 0 Å². The zero-order valence-corrected chi connectivity index (χ0v) is 14.1. The molecular weight excluding hydrogens is 355 g/mol. The predicted octanol–water partition coefficient (Wildman–Crippen LogP) is 4.22. The van der Waals surface area contributed by atoms with Crippen LogP contribution >= 0.6 is 0 Å². The molecule has 0 atom stereocenters. The zero-order valence-electron chi connectivity index (χ0n) is 14.1. The van der Waals surface area contributed by atoms with E-state index < -0.39 is 11.7 Å². The van der Waals surface area contributed by atoms with E-state index in [0.29, 0.717) is 5.56 Å². The number of hydrogen-bond donors (Lipinski definition) is 1. The minimum Gasteiger partial charge on any atom is -0.348 e. The number of benzene rings is 2. The summed E-state index contributed by atoms with van der Waals surface area (Å²) < 4.78 is 39.3. The number of carbonyl (C=O) groups excluding carboxylic acids is 1. The maximum absolute atomic E-state index is 12.5. The smallest absolute Gasteiger partial charge is 0.348 e. The lowest BCUT2D eigenvalue weighted by molar-refractivity contribution is -0.137. The Morgan fingerprint density at radius 1 is 1.07 bits per heavy atom. The van der Waals surface area contributed by atoms with Gasteiger partial charge in [0.1, 0.15) is 0 Å². The second kappa shape index (κ2) is 7.90. The van der Waals surface area contributed by atoms with E-state index in [1.807, 2.05) is 30.3 Å². The van der Waals surface area contributed by atoms with E-state index in [1.165, 1.54) is 18.2 Å². The first kappa shape index (κ1) is 18.4. The number of hydrogen-bond acceptors (Lipinski definition) is 2. The average Bonchev–Trinajstić information content (AvgIpc) is 3.14. The molecule has 0 saturated carbocycles. The Labute approximate surface area is 153 Å². The lowest BCUT2D eigenvalue weighted by Gasteiger charge is -2.07. The largest absolute Gasteiger partial charge is 0.416 e. The normalized spacial score (nSPS) is 11.7. The first-order chi connectivity index (χ1) is 12.9. The summed E-state index contributed by atoms with van der Waals surface area (Å²) >= 11 is 0. The van der Waals surface area contributed by atoms with E-state index in [1.54, 1.807) is 23.2 Å². The molecule has 0 aliphatic rings. The maximum Gasteiger partial charge on any atom is 0.416 e. The van der Waals surface area contributed by atoms with E-state index in [9.17, 15) is 18.0 Å². The molecule has 0 radical (unpaired) electrons. The Morgan fingerprint density at radius 3 is 2.44 bits per heavy atom. The molecule has 1 heterocycles. The number of rotatable bonds is 5. The van der Waals surface area contributed by atoms with Gasteiger partial charge in [-0.05, 0) is 35.9 Å². The lowest BCUT2D eigenvalue weighted by Crippen LogP contribution is -2.20. The van der Waals surface area contributed by atoms with Crippen molar-refractivity contribution in [3.8, 4) is 5.69 Å². The predicted molar refractivity (Wildman–Crippen MR) is 95.9 cm³/mol. The Bertz CT molecular complexity index is 929. The second-order valence-corrected chi connectivity index (χ2v) is 5.80. The van der Waals surface area contributed by atoms with Gasteiger partial charge in [0.25, 0.3) is 0 Å². The van der Waals surface area contributed by atoms with Gasteiger partial charge in [-0.1, -0.05) is 30.3 Å². The standard InChI is InChI=1S/C20H16F3N3O/c21-20(22,23)17-9-6-15(7-10-17)12-24-19(27)11-8-16-13-25-26(14-16)18-4-2-1-3-5-18/h1-11,13-14H,12H2,(H,24,27). The van der Waals surface area contributed by atoms with E-state index in [-0.39, 0.29) is 12.5 Å². The fourth-order valence-corrected chi connectivity index (χ4v) is 2.38. The molecule has 0 aliphatic carbocycles. The molecule has 0 unspecified atom stereocenters. The van der Waals surface area contributed by atoms with Gasteiger partial charge in [0.05, 0.1) is 17.4 Å². The summed E-state index contributed by atoms with van der Waals surface area (Å²) in [5.41, 5.74) is 1.53. The van der Waals surface area contributed by atoms with Crippen LogP contribution in [0.1, 0.15) is 16.7 Å². The van der Waals surface area contributed by atoms with Gasteiger partial charge >= 0.3 is 6.18 Å². The summed E-state index contributed by atoms with van der Waals surface area (Å²) in [5, 5.41) is 6.86. The lowest BCUT2D eigenvalue weighted by atomic mass is 10.1. The van der Waals surface area contributed by atoms with Crippen LogP contribution in [-0.2, 0) is 17.5 Å². The van der Waals surface area contributed by atoms with Crippen molar-refractivity contribution in [1.29, 1.82) is 0 Å². The van der Waals surface area contributed by atoms with Crippen LogP contribution < -0.4 is 5.32 Å². The van der Waals surface area contributed by atoms with E-state index in [0.717, 1.165) is 23.4 Å². The molecule has 0 aliphatic heterocycles. The average molecular weight is 371 g/mol. The van der Waals surface area contributed by atoms with Crippen molar-refractivity contribution in [2.45, 2.75) is 12.7 Å². The molecule has 0 spiro atoms. The van der Waals surface area contributed by atoms with Gasteiger partial charge in [-0.15, -0.1) is 0 Å².